The minimum atomic E-state index is -1.25. The van der Waals surface area contributed by atoms with E-state index in [0.717, 1.165) is 5.56 Å². The number of carbonyl (C=O) groups is 3. The lowest BCUT2D eigenvalue weighted by Gasteiger charge is -2.36. The smallest absolute Gasteiger partial charge is 0.339 e. The predicted molar refractivity (Wildman–Crippen MR) is 137 cm³/mol. The summed E-state index contributed by atoms with van der Waals surface area (Å²) in [6.45, 7) is 5.06. The van der Waals surface area contributed by atoms with Crippen molar-refractivity contribution >= 4 is 23.5 Å². The molecule has 0 saturated carbocycles. The summed E-state index contributed by atoms with van der Waals surface area (Å²) in [7, 11) is 3.23. The Morgan fingerprint density at radius 1 is 1.11 bits per heavy atom. The number of methoxy groups -OCH3 is 1. The van der Waals surface area contributed by atoms with Crippen molar-refractivity contribution in [3.05, 3.63) is 53.1 Å². The molecule has 10 nitrogen and oxygen atoms in total. The third-order valence-corrected chi connectivity index (χ3v) is 6.50. The normalized spacial score (nSPS) is 14.6. The Labute approximate surface area is 216 Å². The van der Waals surface area contributed by atoms with Crippen LogP contribution in [0.5, 0.6) is 11.5 Å². The van der Waals surface area contributed by atoms with Gasteiger partial charge in [0, 0.05) is 32.7 Å². The van der Waals surface area contributed by atoms with Crippen LogP contribution in [0.3, 0.4) is 0 Å². The number of hydrogen-bond donors (Lipinski definition) is 2. The van der Waals surface area contributed by atoms with Crippen molar-refractivity contribution in [3.8, 4) is 11.5 Å². The number of rotatable bonds is 13. The van der Waals surface area contributed by atoms with Crippen molar-refractivity contribution in [2.45, 2.75) is 38.7 Å². The fourth-order valence-corrected chi connectivity index (χ4v) is 4.45. The quantitative estimate of drug-likeness (QED) is 0.386. The summed E-state index contributed by atoms with van der Waals surface area (Å²) in [5.74, 6) is -1.53. The molecule has 0 fully saturated rings. The molecule has 1 heterocycles. The van der Waals surface area contributed by atoms with Gasteiger partial charge < -0.3 is 34.2 Å². The van der Waals surface area contributed by atoms with E-state index in [0.29, 0.717) is 56.3 Å². The second kappa shape index (κ2) is 12.0. The number of carboxylic acid groups (broad SMARTS) is 2. The number of hydrogen-bond acceptors (Lipinski definition) is 7. The molecule has 37 heavy (non-hydrogen) atoms. The number of ether oxygens (including phenoxy) is 3. The maximum absolute atomic E-state index is 13.0. The first-order valence-electron chi connectivity index (χ1n) is 12.2. The van der Waals surface area contributed by atoms with Gasteiger partial charge in [0.25, 0.3) is 5.91 Å². The van der Waals surface area contributed by atoms with Crippen LogP contribution in [-0.2, 0) is 16.0 Å². The molecule has 1 unspecified atom stereocenters. The number of nitrogens with zero attached hydrogens (tertiary/aromatic N) is 2. The van der Waals surface area contributed by atoms with Crippen LogP contribution < -0.4 is 14.4 Å². The van der Waals surface area contributed by atoms with Crippen LogP contribution in [0.15, 0.2) is 36.4 Å². The van der Waals surface area contributed by atoms with E-state index in [1.54, 1.807) is 36.9 Å². The number of benzene rings is 2. The minimum Gasteiger partial charge on any atom is -0.496 e. The molecule has 2 N–H and O–H groups in total. The van der Waals surface area contributed by atoms with Crippen LogP contribution in [0.25, 0.3) is 0 Å². The average Bonchev–Trinajstić information content (AvgIpc) is 2.88. The highest BCUT2D eigenvalue weighted by Crippen LogP contribution is 2.33. The van der Waals surface area contributed by atoms with E-state index < -0.39 is 17.5 Å². The highest BCUT2D eigenvalue weighted by Gasteiger charge is 2.37. The van der Waals surface area contributed by atoms with Crippen molar-refractivity contribution in [2.75, 3.05) is 45.5 Å². The molecule has 0 radical (unpaired) electrons. The minimum absolute atomic E-state index is 0.0579. The first kappa shape index (κ1) is 27.8. The van der Waals surface area contributed by atoms with Gasteiger partial charge in [0.1, 0.15) is 17.1 Å². The summed E-state index contributed by atoms with van der Waals surface area (Å²) >= 11 is 0. The number of fused-ring (bicyclic) bond motifs is 1. The van der Waals surface area contributed by atoms with Gasteiger partial charge in [-0.05, 0) is 43.5 Å². The van der Waals surface area contributed by atoms with Crippen LogP contribution in [0, 0.1) is 0 Å². The Morgan fingerprint density at radius 3 is 2.38 bits per heavy atom. The lowest BCUT2D eigenvalue weighted by molar-refractivity contribution is -0.166. The molecule has 1 atom stereocenters. The highest BCUT2D eigenvalue weighted by molar-refractivity contribution is 6.05. The van der Waals surface area contributed by atoms with Crippen LogP contribution in [0.1, 0.15) is 53.0 Å². The second-order valence-electron chi connectivity index (χ2n) is 8.89. The summed E-state index contributed by atoms with van der Waals surface area (Å²) in [6, 6.07) is 10.2. The topological polar surface area (TPSA) is 126 Å². The average molecular weight is 515 g/mol. The molecule has 200 valence electrons. The molecule has 0 aliphatic carbocycles. The Kier molecular flexibility index (Phi) is 8.99. The van der Waals surface area contributed by atoms with E-state index in [4.69, 9.17) is 14.2 Å². The molecule has 10 heteroatoms. The fraction of sp³-hybridized carbons (Fsp3) is 0.444. The van der Waals surface area contributed by atoms with E-state index in [1.165, 1.54) is 13.2 Å². The predicted octanol–water partition coefficient (Wildman–Crippen LogP) is 3.52. The zero-order valence-corrected chi connectivity index (χ0v) is 21.7. The lowest BCUT2D eigenvalue weighted by Crippen LogP contribution is -2.45. The molecule has 0 saturated heterocycles. The number of carboxylic acids is 2. The Balaban J connectivity index is 1.57. The van der Waals surface area contributed by atoms with E-state index in [-0.39, 0.29) is 23.6 Å². The van der Waals surface area contributed by atoms with Gasteiger partial charge in [-0.25, -0.2) is 9.59 Å². The maximum Gasteiger partial charge on any atom is 0.339 e. The maximum atomic E-state index is 13.0. The van der Waals surface area contributed by atoms with E-state index >= 15 is 0 Å². The summed E-state index contributed by atoms with van der Waals surface area (Å²) < 4.78 is 16.6. The third-order valence-electron chi connectivity index (χ3n) is 6.50. The molecular weight excluding hydrogens is 480 g/mol. The zero-order valence-electron chi connectivity index (χ0n) is 21.7. The fourth-order valence-electron chi connectivity index (χ4n) is 4.45. The number of aromatic carboxylic acids is 1. The number of aliphatic carboxylic acids is 1. The monoisotopic (exact) mass is 514 g/mol. The van der Waals surface area contributed by atoms with Crippen LogP contribution in [-0.4, -0.2) is 79.1 Å². The van der Waals surface area contributed by atoms with Gasteiger partial charge in [0.2, 0.25) is 0 Å². The van der Waals surface area contributed by atoms with Crippen molar-refractivity contribution < 1.29 is 38.8 Å². The van der Waals surface area contributed by atoms with Gasteiger partial charge in [-0.1, -0.05) is 19.1 Å². The lowest BCUT2D eigenvalue weighted by atomic mass is 9.91. The standard InChI is InChI=1S/C27H34N2O8/c1-5-27(26(33)34,37-6-2)16-18-8-10-19(11-9-18)36-13-7-12-29-17-28(3)22-15-23(35-4)21(25(31)32)14-20(22)24(29)30/h8-11,14-15H,5-7,12-13,16-17H2,1-4H3,(H,31,32)(H,33,34). The van der Waals surface area contributed by atoms with Crippen LogP contribution in [0.2, 0.25) is 0 Å². The van der Waals surface area contributed by atoms with E-state index in [1.807, 2.05) is 24.1 Å². The summed E-state index contributed by atoms with van der Waals surface area (Å²) in [4.78, 5) is 39.9. The number of amides is 1. The van der Waals surface area contributed by atoms with Gasteiger partial charge in [-0.3, -0.25) is 4.79 Å². The first-order valence-corrected chi connectivity index (χ1v) is 12.2. The number of carbonyl (C=O) groups excluding carboxylic acids is 1. The first-order chi connectivity index (χ1) is 17.7. The van der Waals surface area contributed by atoms with Gasteiger partial charge >= 0.3 is 11.9 Å². The molecule has 0 aromatic heterocycles. The van der Waals surface area contributed by atoms with Gasteiger partial charge in [0.15, 0.2) is 5.60 Å². The summed E-state index contributed by atoms with van der Waals surface area (Å²) in [5.41, 5.74) is 0.472. The highest BCUT2D eigenvalue weighted by atomic mass is 16.5. The molecule has 0 spiro atoms. The summed E-state index contributed by atoms with van der Waals surface area (Å²) in [6.07, 6.45) is 1.18. The molecule has 3 rings (SSSR count). The van der Waals surface area contributed by atoms with Crippen molar-refractivity contribution in [3.63, 3.8) is 0 Å². The van der Waals surface area contributed by atoms with E-state index in [9.17, 15) is 24.6 Å². The van der Waals surface area contributed by atoms with Gasteiger partial charge in [-0.15, -0.1) is 0 Å². The molecule has 1 amide bonds. The van der Waals surface area contributed by atoms with Gasteiger partial charge in [-0.2, -0.15) is 0 Å². The molecule has 0 bridgehead atoms. The molecule has 1 aliphatic rings. The van der Waals surface area contributed by atoms with Crippen LogP contribution in [0.4, 0.5) is 5.69 Å². The van der Waals surface area contributed by atoms with Crippen molar-refractivity contribution in [1.29, 1.82) is 0 Å². The Morgan fingerprint density at radius 2 is 1.81 bits per heavy atom. The zero-order chi connectivity index (χ0) is 27.2. The number of anilines is 1. The Hall–Kier alpha value is -3.79. The summed E-state index contributed by atoms with van der Waals surface area (Å²) in [5, 5.41) is 19.1. The second-order valence-corrected chi connectivity index (χ2v) is 8.89. The van der Waals surface area contributed by atoms with Gasteiger partial charge in [0.05, 0.1) is 31.6 Å². The molecular formula is C27H34N2O8. The molecule has 2 aromatic rings. The SMILES string of the molecule is CCOC(CC)(Cc1ccc(OCCCN2CN(C)c3cc(OC)c(C(=O)O)cc3C2=O)cc1)C(=O)O. The third kappa shape index (κ3) is 6.14. The Bertz CT molecular complexity index is 1130. The van der Waals surface area contributed by atoms with Crippen molar-refractivity contribution in [2.24, 2.45) is 0 Å². The molecule has 2 aromatic carbocycles. The van der Waals surface area contributed by atoms with Crippen LogP contribution >= 0.6 is 0 Å². The largest absolute Gasteiger partial charge is 0.496 e. The molecule has 1 aliphatic heterocycles. The van der Waals surface area contributed by atoms with Crippen molar-refractivity contribution in [1.82, 2.24) is 4.90 Å². The van der Waals surface area contributed by atoms with E-state index in [2.05, 4.69) is 0 Å².